The van der Waals surface area contributed by atoms with E-state index in [1.807, 2.05) is 13.0 Å². The molecule has 0 saturated carbocycles. The number of nitrogens with one attached hydrogen (secondary N) is 1. The largest absolute Gasteiger partial charge is 0.395 e. The Balaban J connectivity index is 1.91. The molecule has 4 nitrogen and oxygen atoms in total. The van der Waals surface area contributed by atoms with Gasteiger partial charge in [-0.05, 0) is 44.5 Å². The van der Waals surface area contributed by atoms with Crippen LogP contribution in [-0.2, 0) is 0 Å². The minimum atomic E-state index is -0.00661. The fourth-order valence-electron chi connectivity index (χ4n) is 2.43. The highest BCUT2D eigenvalue weighted by Gasteiger charge is 2.20. The van der Waals surface area contributed by atoms with Gasteiger partial charge in [0.2, 0.25) is 0 Å². The molecule has 2 N–H and O–H groups in total. The van der Waals surface area contributed by atoms with Crippen LogP contribution in [0.15, 0.2) is 6.07 Å². The van der Waals surface area contributed by atoms with Gasteiger partial charge in [-0.3, -0.25) is 4.79 Å². The zero-order valence-electron chi connectivity index (χ0n) is 12.6. The Morgan fingerprint density at radius 2 is 2.43 bits per heavy atom. The highest BCUT2D eigenvalue weighted by molar-refractivity contribution is 7.14. The molecule has 1 atom stereocenters. The van der Waals surface area contributed by atoms with Gasteiger partial charge in [-0.1, -0.05) is 11.8 Å². The maximum Gasteiger partial charge on any atom is 0.261 e. The van der Waals surface area contributed by atoms with E-state index in [0.29, 0.717) is 17.2 Å². The minimum absolute atomic E-state index is 0.00661. The Kier molecular flexibility index (Phi) is 5.80. The van der Waals surface area contributed by atoms with Gasteiger partial charge >= 0.3 is 0 Å². The predicted molar refractivity (Wildman–Crippen MR) is 85.6 cm³/mol. The van der Waals surface area contributed by atoms with E-state index in [-0.39, 0.29) is 12.5 Å². The van der Waals surface area contributed by atoms with Gasteiger partial charge in [0.25, 0.3) is 5.91 Å². The molecule has 1 aliphatic heterocycles. The Bertz CT molecular complexity index is 556. The van der Waals surface area contributed by atoms with Crippen LogP contribution in [0.2, 0.25) is 0 Å². The number of likely N-dealkylation sites (tertiary alicyclic amines) is 1. The van der Waals surface area contributed by atoms with Crippen molar-refractivity contribution in [3.8, 4) is 11.8 Å². The molecule has 2 heterocycles. The number of carbonyl (C=O) groups is 1. The number of carbonyl (C=O) groups excluding carboxylic acids is 1. The quantitative estimate of drug-likeness (QED) is 0.828. The van der Waals surface area contributed by atoms with Gasteiger partial charge in [0.15, 0.2) is 0 Å². The maximum absolute atomic E-state index is 12.2. The number of rotatable bonds is 4. The van der Waals surface area contributed by atoms with Crippen molar-refractivity contribution in [2.45, 2.75) is 19.8 Å². The summed E-state index contributed by atoms with van der Waals surface area (Å²) in [6.07, 6.45) is 1.62. The molecule has 1 amide bonds. The van der Waals surface area contributed by atoms with E-state index in [2.05, 4.69) is 29.1 Å². The molecule has 0 aliphatic carbocycles. The summed E-state index contributed by atoms with van der Waals surface area (Å²) < 4.78 is 0. The average molecular weight is 306 g/mol. The number of aliphatic hydroxyl groups is 1. The van der Waals surface area contributed by atoms with E-state index in [0.717, 1.165) is 36.5 Å². The number of hydrogen-bond donors (Lipinski definition) is 2. The second-order valence-corrected chi connectivity index (χ2v) is 6.58. The fraction of sp³-hybridized carbons (Fsp3) is 0.562. The number of thiophene rings is 1. The zero-order valence-corrected chi connectivity index (χ0v) is 13.4. The smallest absolute Gasteiger partial charge is 0.261 e. The summed E-state index contributed by atoms with van der Waals surface area (Å²) in [4.78, 5) is 16.1. The first-order valence-electron chi connectivity index (χ1n) is 7.27. The van der Waals surface area contributed by atoms with Crippen LogP contribution in [0.25, 0.3) is 0 Å². The van der Waals surface area contributed by atoms with Crippen LogP contribution in [-0.4, -0.2) is 49.2 Å². The van der Waals surface area contributed by atoms with Crippen LogP contribution < -0.4 is 5.32 Å². The van der Waals surface area contributed by atoms with Crippen molar-refractivity contribution >= 4 is 17.2 Å². The molecule has 0 aromatic carbocycles. The van der Waals surface area contributed by atoms with Crippen molar-refractivity contribution in [1.82, 2.24) is 10.2 Å². The Morgan fingerprint density at radius 1 is 1.62 bits per heavy atom. The summed E-state index contributed by atoms with van der Waals surface area (Å²) in [5.41, 5.74) is 1.02. The van der Waals surface area contributed by atoms with Gasteiger partial charge in [-0.15, -0.1) is 11.3 Å². The van der Waals surface area contributed by atoms with Crippen LogP contribution in [0.4, 0.5) is 0 Å². The first kappa shape index (κ1) is 16.0. The third kappa shape index (κ3) is 4.57. The molecule has 2 rings (SSSR count). The standard InChI is InChI=1S/C16H22N2O2S/c1-12-9-15(21-14(12)5-3-4-8-19)16(20)17-10-13-6-7-18(2)11-13/h9,13,19H,4,6-8,10-11H2,1-2H3,(H,17,20). The van der Waals surface area contributed by atoms with Crippen molar-refractivity contribution in [3.05, 3.63) is 21.4 Å². The lowest BCUT2D eigenvalue weighted by Crippen LogP contribution is -2.29. The van der Waals surface area contributed by atoms with E-state index in [4.69, 9.17) is 5.11 Å². The summed E-state index contributed by atoms with van der Waals surface area (Å²) in [5, 5.41) is 11.8. The molecule has 1 unspecified atom stereocenters. The molecule has 1 aromatic rings. The van der Waals surface area contributed by atoms with Gasteiger partial charge < -0.3 is 15.3 Å². The van der Waals surface area contributed by atoms with Gasteiger partial charge in [-0.2, -0.15) is 0 Å². The van der Waals surface area contributed by atoms with Gasteiger partial charge in [0.05, 0.1) is 16.4 Å². The third-order valence-corrected chi connectivity index (χ3v) is 4.77. The molecule has 21 heavy (non-hydrogen) atoms. The lowest BCUT2D eigenvalue weighted by molar-refractivity contribution is 0.0951. The molecule has 114 valence electrons. The molecule has 0 bridgehead atoms. The molecular weight excluding hydrogens is 284 g/mol. The van der Waals surface area contributed by atoms with Crippen molar-refractivity contribution < 1.29 is 9.90 Å². The maximum atomic E-state index is 12.2. The van der Waals surface area contributed by atoms with E-state index in [1.165, 1.54) is 11.3 Å². The van der Waals surface area contributed by atoms with Crippen molar-refractivity contribution in [2.75, 3.05) is 33.3 Å². The van der Waals surface area contributed by atoms with E-state index < -0.39 is 0 Å². The van der Waals surface area contributed by atoms with Crippen LogP contribution in [0, 0.1) is 24.7 Å². The minimum Gasteiger partial charge on any atom is -0.395 e. The molecular formula is C16H22N2O2S. The molecule has 0 spiro atoms. The summed E-state index contributed by atoms with van der Waals surface area (Å²) in [6.45, 7) is 4.94. The summed E-state index contributed by atoms with van der Waals surface area (Å²) in [7, 11) is 2.11. The highest BCUT2D eigenvalue weighted by Crippen LogP contribution is 2.21. The number of nitrogens with zero attached hydrogens (tertiary/aromatic N) is 1. The second kappa shape index (κ2) is 7.60. The highest BCUT2D eigenvalue weighted by atomic mass is 32.1. The zero-order chi connectivity index (χ0) is 15.2. The van der Waals surface area contributed by atoms with Gasteiger partial charge in [0.1, 0.15) is 0 Å². The SMILES string of the molecule is Cc1cc(C(=O)NCC2CCN(C)C2)sc1C#CCCO. The number of hydrogen-bond acceptors (Lipinski definition) is 4. The normalized spacial score (nSPS) is 18.3. The summed E-state index contributed by atoms with van der Waals surface area (Å²) >= 11 is 1.42. The van der Waals surface area contributed by atoms with Crippen molar-refractivity contribution in [3.63, 3.8) is 0 Å². The topological polar surface area (TPSA) is 52.6 Å². The van der Waals surface area contributed by atoms with Crippen LogP contribution in [0.5, 0.6) is 0 Å². The van der Waals surface area contributed by atoms with Crippen LogP contribution >= 0.6 is 11.3 Å². The molecule has 1 aromatic heterocycles. The fourth-order valence-corrected chi connectivity index (χ4v) is 3.40. The van der Waals surface area contributed by atoms with Crippen molar-refractivity contribution in [1.29, 1.82) is 0 Å². The first-order chi connectivity index (χ1) is 10.1. The summed E-state index contributed by atoms with van der Waals surface area (Å²) in [6, 6.07) is 1.89. The summed E-state index contributed by atoms with van der Waals surface area (Å²) in [5.74, 6) is 6.47. The number of aliphatic hydroxyl groups excluding tert-OH is 1. The van der Waals surface area contributed by atoms with Crippen molar-refractivity contribution in [2.24, 2.45) is 5.92 Å². The number of aryl methyl sites for hydroxylation is 1. The Labute approximate surface area is 130 Å². The van der Waals surface area contributed by atoms with Gasteiger partial charge in [0, 0.05) is 19.5 Å². The average Bonchev–Trinajstić information content (AvgIpc) is 3.03. The third-order valence-electron chi connectivity index (χ3n) is 3.62. The molecule has 1 fully saturated rings. The van der Waals surface area contributed by atoms with Crippen LogP contribution in [0.3, 0.4) is 0 Å². The molecule has 1 aliphatic rings. The molecule has 0 radical (unpaired) electrons. The van der Waals surface area contributed by atoms with E-state index in [9.17, 15) is 4.79 Å². The molecule has 1 saturated heterocycles. The predicted octanol–water partition coefficient (Wildman–Crippen LogP) is 1.47. The monoisotopic (exact) mass is 306 g/mol. The van der Waals surface area contributed by atoms with Gasteiger partial charge in [-0.25, -0.2) is 0 Å². The van der Waals surface area contributed by atoms with Crippen LogP contribution in [0.1, 0.15) is 33.0 Å². The Morgan fingerprint density at radius 3 is 3.10 bits per heavy atom. The molecule has 5 heteroatoms. The lowest BCUT2D eigenvalue weighted by Gasteiger charge is -2.10. The van der Waals surface area contributed by atoms with E-state index >= 15 is 0 Å². The second-order valence-electron chi connectivity index (χ2n) is 5.53. The first-order valence-corrected chi connectivity index (χ1v) is 8.08. The Hall–Kier alpha value is -1.35. The lowest BCUT2D eigenvalue weighted by atomic mass is 10.1. The number of amides is 1. The van der Waals surface area contributed by atoms with E-state index in [1.54, 1.807) is 0 Å².